The summed E-state index contributed by atoms with van der Waals surface area (Å²) in [6, 6.07) is 5.35. The maximum absolute atomic E-state index is 12.5. The normalized spacial score (nSPS) is 13.7. The molecule has 2 nitrogen and oxygen atoms in total. The molecule has 1 aromatic rings. The Kier molecular flexibility index (Phi) is 5.23. The molecule has 1 rings (SSSR count). The van der Waals surface area contributed by atoms with Gasteiger partial charge in [0.15, 0.2) is 0 Å². The SMILES string of the molecule is Cc1cc(OCC(CN)C(F)(F)F)ccc1C(C)C. The van der Waals surface area contributed by atoms with Crippen LogP contribution in [0.15, 0.2) is 18.2 Å². The Labute approximate surface area is 111 Å². The number of rotatable bonds is 5. The van der Waals surface area contributed by atoms with Crippen LogP contribution in [0.5, 0.6) is 5.75 Å². The Morgan fingerprint density at radius 1 is 1.26 bits per heavy atom. The second kappa shape index (κ2) is 6.28. The number of ether oxygens (including phenoxy) is 1. The molecule has 0 aliphatic carbocycles. The van der Waals surface area contributed by atoms with Crippen molar-refractivity contribution in [2.45, 2.75) is 32.9 Å². The predicted molar refractivity (Wildman–Crippen MR) is 69.4 cm³/mol. The number of alkyl halides is 3. The van der Waals surface area contributed by atoms with Gasteiger partial charge in [-0.2, -0.15) is 13.2 Å². The van der Waals surface area contributed by atoms with E-state index in [1.807, 2.05) is 13.0 Å². The largest absolute Gasteiger partial charge is 0.493 e. The molecule has 1 atom stereocenters. The molecule has 5 heteroatoms. The van der Waals surface area contributed by atoms with Crippen LogP contribution in [0.4, 0.5) is 13.2 Å². The topological polar surface area (TPSA) is 35.2 Å². The van der Waals surface area contributed by atoms with E-state index < -0.39 is 25.2 Å². The highest BCUT2D eigenvalue weighted by molar-refractivity contribution is 5.36. The second-order valence-corrected chi connectivity index (χ2v) is 4.96. The van der Waals surface area contributed by atoms with E-state index in [1.54, 1.807) is 12.1 Å². The lowest BCUT2D eigenvalue weighted by atomic mass is 9.98. The van der Waals surface area contributed by atoms with Gasteiger partial charge in [-0.25, -0.2) is 0 Å². The fraction of sp³-hybridized carbons (Fsp3) is 0.571. The first-order valence-corrected chi connectivity index (χ1v) is 6.25. The van der Waals surface area contributed by atoms with E-state index in [0.29, 0.717) is 11.7 Å². The highest BCUT2D eigenvalue weighted by Gasteiger charge is 2.39. The molecule has 0 fully saturated rings. The summed E-state index contributed by atoms with van der Waals surface area (Å²) in [6.45, 7) is 5.15. The Hall–Kier alpha value is -1.23. The molecular formula is C14H20F3NO. The summed E-state index contributed by atoms with van der Waals surface area (Å²) in [5, 5.41) is 0. The average molecular weight is 275 g/mol. The molecule has 1 unspecified atom stereocenters. The van der Waals surface area contributed by atoms with Gasteiger partial charge in [0.05, 0.1) is 0 Å². The fourth-order valence-corrected chi connectivity index (χ4v) is 1.88. The summed E-state index contributed by atoms with van der Waals surface area (Å²) < 4.78 is 42.7. The summed E-state index contributed by atoms with van der Waals surface area (Å²) in [5.74, 6) is -0.803. The molecule has 0 spiro atoms. The summed E-state index contributed by atoms with van der Waals surface area (Å²) in [4.78, 5) is 0. The van der Waals surface area contributed by atoms with E-state index in [1.165, 1.54) is 5.56 Å². The van der Waals surface area contributed by atoms with Crippen molar-refractivity contribution in [2.24, 2.45) is 11.7 Å². The minimum atomic E-state index is -4.32. The van der Waals surface area contributed by atoms with Gasteiger partial charge in [0, 0.05) is 6.54 Å². The molecule has 0 aliphatic heterocycles. The number of benzene rings is 1. The van der Waals surface area contributed by atoms with Gasteiger partial charge in [0.2, 0.25) is 0 Å². The lowest BCUT2D eigenvalue weighted by molar-refractivity contribution is -0.178. The molecule has 0 bridgehead atoms. The molecule has 19 heavy (non-hydrogen) atoms. The van der Waals surface area contributed by atoms with Gasteiger partial charge in [-0.15, -0.1) is 0 Å². The Morgan fingerprint density at radius 3 is 2.32 bits per heavy atom. The summed E-state index contributed by atoms with van der Waals surface area (Å²) >= 11 is 0. The lowest BCUT2D eigenvalue weighted by Gasteiger charge is -2.19. The highest BCUT2D eigenvalue weighted by atomic mass is 19.4. The maximum Gasteiger partial charge on any atom is 0.396 e. The minimum Gasteiger partial charge on any atom is -0.493 e. The standard InChI is InChI=1S/C14H20F3NO/c1-9(2)13-5-4-12(6-10(13)3)19-8-11(7-18)14(15,16)17/h4-6,9,11H,7-8,18H2,1-3H3. The van der Waals surface area contributed by atoms with Gasteiger partial charge in [-0.1, -0.05) is 19.9 Å². The Balaban J connectivity index is 2.71. The second-order valence-electron chi connectivity index (χ2n) is 4.96. The molecule has 0 aliphatic rings. The van der Waals surface area contributed by atoms with Crippen LogP contribution in [0.3, 0.4) is 0 Å². The van der Waals surface area contributed by atoms with Crippen LogP contribution >= 0.6 is 0 Å². The van der Waals surface area contributed by atoms with Crippen LogP contribution in [0.1, 0.15) is 30.9 Å². The maximum atomic E-state index is 12.5. The third-order valence-electron chi connectivity index (χ3n) is 3.06. The third kappa shape index (κ3) is 4.42. The zero-order chi connectivity index (χ0) is 14.6. The van der Waals surface area contributed by atoms with Gasteiger partial charge >= 0.3 is 6.18 Å². The number of aryl methyl sites for hydroxylation is 1. The van der Waals surface area contributed by atoms with Crippen molar-refractivity contribution in [3.8, 4) is 5.75 Å². The van der Waals surface area contributed by atoms with E-state index in [0.717, 1.165) is 5.56 Å². The molecule has 0 aromatic heterocycles. The summed E-state index contributed by atoms with van der Waals surface area (Å²) in [7, 11) is 0. The van der Waals surface area contributed by atoms with Crippen molar-refractivity contribution >= 4 is 0 Å². The first-order chi connectivity index (χ1) is 8.75. The first-order valence-electron chi connectivity index (χ1n) is 6.25. The van der Waals surface area contributed by atoms with Crippen LogP contribution in [0.25, 0.3) is 0 Å². The third-order valence-corrected chi connectivity index (χ3v) is 3.06. The van der Waals surface area contributed by atoms with Crippen molar-refractivity contribution < 1.29 is 17.9 Å². The van der Waals surface area contributed by atoms with Gasteiger partial charge in [0.25, 0.3) is 0 Å². The van der Waals surface area contributed by atoms with Gasteiger partial charge in [-0.3, -0.25) is 0 Å². The van der Waals surface area contributed by atoms with E-state index in [4.69, 9.17) is 10.5 Å². The van der Waals surface area contributed by atoms with Gasteiger partial charge in [-0.05, 0) is 36.1 Å². The molecule has 108 valence electrons. The highest BCUT2D eigenvalue weighted by Crippen LogP contribution is 2.27. The van der Waals surface area contributed by atoms with E-state index >= 15 is 0 Å². The zero-order valence-electron chi connectivity index (χ0n) is 11.4. The molecular weight excluding hydrogens is 255 g/mol. The van der Waals surface area contributed by atoms with Crippen LogP contribution in [0.2, 0.25) is 0 Å². The molecule has 0 saturated carbocycles. The van der Waals surface area contributed by atoms with Crippen LogP contribution in [0, 0.1) is 12.8 Å². The van der Waals surface area contributed by atoms with Crippen molar-refractivity contribution in [1.29, 1.82) is 0 Å². The Bertz CT molecular complexity index is 416. The number of halogens is 3. The monoisotopic (exact) mass is 275 g/mol. The molecule has 0 heterocycles. The minimum absolute atomic E-state index is 0.376. The fourth-order valence-electron chi connectivity index (χ4n) is 1.88. The molecule has 0 saturated heterocycles. The molecule has 2 N–H and O–H groups in total. The van der Waals surface area contributed by atoms with E-state index in [9.17, 15) is 13.2 Å². The van der Waals surface area contributed by atoms with Crippen molar-refractivity contribution in [3.63, 3.8) is 0 Å². The first kappa shape index (κ1) is 15.8. The zero-order valence-corrected chi connectivity index (χ0v) is 11.4. The number of hydrogen-bond acceptors (Lipinski definition) is 2. The summed E-state index contributed by atoms with van der Waals surface area (Å²) in [6.07, 6.45) is -4.32. The number of hydrogen-bond donors (Lipinski definition) is 1. The van der Waals surface area contributed by atoms with E-state index in [-0.39, 0.29) is 0 Å². The Morgan fingerprint density at radius 2 is 1.89 bits per heavy atom. The van der Waals surface area contributed by atoms with Gasteiger partial charge < -0.3 is 10.5 Å². The van der Waals surface area contributed by atoms with Crippen LogP contribution in [-0.2, 0) is 0 Å². The van der Waals surface area contributed by atoms with Crippen molar-refractivity contribution in [1.82, 2.24) is 0 Å². The summed E-state index contributed by atoms with van der Waals surface area (Å²) in [5.41, 5.74) is 7.30. The molecule has 0 amide bonds. The van der Waals surface area contributed by atoms with Crippen LogP contribution < -0.4 is 10.5 Å². The quantitative estimate of drug-likeness (QED) is 0.890. The smallest absolute Gasteiger partial charge is 0.396 e. The van der Waals surface area contributed by atoms with Gasteiger partial charge in [0.1, 0.15) is 18.3 Å². The predicted octanol–water partition coefficient (Wildman–Crippen LogP) is 3.63. The van der Waals surface area contributed by atoms with E-state index in [2.05, 4.69) is 13.8 Å². The van der Waals surface area contributed by atoms with Crippen molar-refractivity contribution in [3.05, 3.63) is 29.3 Å². The van der Waals surface area contributed by atoms with Crippen LogP contribution in [-0.4, -0.2) is 19.3 Å². The van der Waals surface area contributed by atoms with Crippen molar-refractivity contribution in [2.75, 3.05) is 13.2 Å². The average Bonchev–Trinajstić information content (AvgIpc) is 2.27. The molecule has 0 radical (unpaired) electrons. The lowest BCUT2D eigenvalue weighted by Crippen LogP contribution is -2.35. The molecule has 1 aromatic carbocycles. The number of nitrogens with two attached hydrogens (primary N) is 1.